The predicted molar refractivity (Wildman–Crippen MR) is 121 cm³/mol. The smallest absolute Gasteiger partial charge is 0.333 e. The molecule has 0 saturated heterocycles. The fraction of sp³-hybridized carbons (Fsp3) is 0.762. The molecule has 182 valence electrons. The molecule has 0 aliphatic rings. The van der Waals surface area contributed by atoms with Gasteiger partial charge in [-0.1, -0.05) is 41.2 Å². The monoisotopic (exact) mass is 464 g/mol. The van der Waals surface area contributed by atoms with Crippen LogP contribution in [0.15, 0.2) is 12.2 Å². The van der Waals surface area contributed by atoms with Crippen LogP contribution in [0.2, 0.25) is 0 Å². The van der Waals surface area contributed by atoms with Gasteiger partial charge in [0.2, 0.25) is 11.8 Å². The molecule has 1 unspecified atom stereocenters. The summed E-state index contributed by atoms with van der Waals surface area (Å²) >= 11 is 0. The summed E-state index contributed by atoms with van der Waals surface area (Å²) in [4.78, 5) is 34.1. The Labute approximate surface area is 187 Å². The summed E-state index contributed by atoms with van der Waals surface area (Å²) < 4.78 is 34.9. The van der Waals surface area contributed by atoms with Crippen molar-refractivity contribution < 1.29 is 32.1 Å². The molecular formula is C21H40N2O7S. The summed E-state index contributed by atoms with van der Waals surface area (Å²) in [5.74, 6) is -1.30. The SMILES string of the molecule is C=C(C)C(=O)OCCNC(=O)C(C)(C)CC.CCC(C)C(=O)NC(C)(C)CS(=O)(=O)O. The number of rotatable bonds is 11. The van der Waals surface area contributed by atoms with E-state index in [1.165, 1.54) is 0 Å². The zero-order valence-corrected chi connectivity index (χ0v) is 20.9. The number of carbonyl (C=O) groups excluding carboxylic acids is 3. The van der Waals surface area contributed by atoms with Crippen molar-refractivity contribution in [2.24, 2.45) is 11.3 Å². The summed E-state index contributed by atoms with van der Waals surface area (Å²) in [6, 6.07) is 0. The van der Waals surface area contributed by atoms with Crippen molar-refractivity contribution in [1.82, 2.24) is 10.6 Å². The zero-order chi connectivity index (χ0) is 25.0. The van der Waals surface area contributed by atoms with Gasteiger partial charge in [-0.05, 0) is 33.6 Å². The van der Waals surface area contributed by atoms with Gasteiger partial charge in [-0.15, -0.1) is 0 Å². The van der Waals surface area contributed by atoms with Gasteiger partial charge in [0, 0.05) is 16.9 Å². The summed E-state index contributed by atoms with van der Waals surface area (Å²) in [5, 5.41) is 5.31. The molecule has 0 heterocycles. The maximum atomic E-state index is 11.6. The first-order valence-electron chi connectivity index (χ1n) is 10.3. The average molecular weight is 465 g/mol. The molecule has 0 aromatic rings. The zero-order valence-electron chi connectivity index (χ0n) is 20.1. The Bertz CT molecular complexity index is 728. The van der Waals surface area contributed by atoms with Crippen LogP contribution < -0.4 is 10.6 Å². The largest absolute Gasteiger partial charge is 0.460 e. The third-order valence-corrected chi connectivity index (χ3v) is 5.62. The Balaban J connectivity index is 0. The minimum atomic E-state index is -4.07. The first-order chi connectivity index (χ1) is 13.9. The van der Waals surface area contributed by atoms with E-state index >= 15 is 0 Å². The number of esters is 1. The van der Waals surface area contributed by atoms with E-state index < -0.39 is 27.4 Å². The Morgan fingerprint density at radius 2 is 1.65 bits per heavy atom. The van der Waals surface area contributed by atoms with Gasteiger partial charge in [0.1, 0.15) is 6.61 Å². The number of hydrogen-bond donors (Lipinski definition) is 3. The van der Waals surface area contributed by atoms with E-state index in [2.05, 4.69) is 17.2 Å². The highest BCUT2D eigenvalue weighted by Crippen LogP contribution is 2.19. The van der Waals surface area contributed by atoms with Crippen LogP contribution in [-0.2, 0) is 29.2 Å². The maximum absolute atomic E-state index is 11.6. The molecule has 0 spiro atoms. The summed E-state index contributed by atoms with van der Waals surface area (Å²) in [6.07, 6.45) is 1.46. The number of carbonyl (C=O) groups is 3. The summed E-state index contributed by atoms with van der Waals surface area (Å²) in [6.45, 7) is 18.0. The van der Waals surface area contributed by atoms with Crippen molar-refractivity contribution >= 4 is 27.9 Å². The van der Waals surface area contributed by atoms with Crippen molar-refractivity contribution in [2.45, 2.75) is 73.8 Å². The number of ether oxygens (including phenoxy) is 1. The quantitative estimate of drug-likeness (QED) is 0.185. The van der Waals surface area contributed by atoms with E-state index in [0.29, 0.717) is 18.5 Å². The lowest BCUT2D eigenvalue weighted by Gasteiger charge is -2.26. The molecule has 0 fully saturated rings. The molecule has 0 saturated carbocycles. The van der Waals surface area contributed by atoms with Gasteiger partial charge in [-0.2, -0.15) is 8.42 Å². The number of amides is 2. The Morgan fingerprint density at radius 1 is 1.13 bits per heavy atom. The van der Waals surface area contributed by atoms with Crippen LogP contribution in [0, 0.1) is 11.3 Å². The van der Waals surface area contributed by atoms with Crippen LogP contribution in [0.3, 0.4) is 0 Å². The van der Waals surface area contributed by atoms with Crippen molar-refractivity contribution in [2.75, 3.05) is 18.9 Å². The van der Waals surface area contributed by atoms with Crippen molar-refractivity contribution in [3.63, 3.8) is 0 Å². The van der Waals surface area contributed by atoms with Gasteiger partial charge < -0.3 is 15.4 Å². The van der Waals surface area contributed by atoms with Gasteiger partial charge in [0.25, 0.3) is 10.1 Å². The van der Waals surface area contributed by atoms with Crippen LogP contribution >= 0.6 is 0 Å². The molecular weight excluding hydrogens is 424 g/mol. The second-order valence-corrected chi connectivity index (χ2v) is 10.3. The summed E-state index contributed by atoms with van der Waals surface area (Å²) in [7, 11) is -4.07. The third-order valence-electron chi connectivity index (χ3n) is 4.53. The second kappa shape index (κ2) is 13.5. The van der Waals surface area contributed by atoms with Crippen LogP contribution in [0.5, 0.6) is 0 Å². The van der Waals surface area contributed by atoms with Gasteiger partial charge in [-0.3, -0.25) is 14.1 Å². The fourth-order valence-corrected chi connectivity index (χ4v) is 2.95. The lowest BCUT2D eigenvalue weighted by Crippen LogP contribution is -2.49. The second-order valence-electron chi connectivity index (χ2n) is 8.82. The number of nitrogens with one attached hydrogen (secondary N) is 2. The van der Waals surface area contributed by atoms with Crippen LogP contribution in [-0.4, -0.2) is 55.2 Å². The third kappa shape index (κ3) is 15.5. The molecule has 9 nitrogen and oxygen atoms in total. The Hall–Kier alpha value is -1.94. The lowest BCUT2D eigenvalue weighted by molar-refractivity contribution is -0.139. The highest BCUT2D eigenvalue weighted by Gasteiger charge is 2.28. The molecule has 10 heteroatoms. The van der Waals surface area contributed by atoms with Crippen molar-refractivity contribution in [3.05, 3.63) is 12.2 Å². The molecule has 0 aromatic carbocycles. The molecule has 3 N–H and O–H groups in total. The van der Waals surface area contributed by atoms with Gasteiger partial charge >= 0.3 is 5.97 Å². The van der Waals surface area contributed by atoms with Crippen LogP contribution in [0.4, 0.5) is 0 Å². The van der Waals surface area contributed by atoms with Gasteiger partial charge in [0.15, 0.2) is 0 Å². The average Bonchev–Trinajstić information content (AvgIpc) is 2.61. The first kappa shape index (κ1) is 31.2. The molecule has 0 bridgehead atoms. The highest BCUT2D eigenvalue weighted by molar-refractivity contribution is 7.85. The highest BCUT2D eigenvalue weighted by atomic mass is 32.2. The predicted octanol–water partition coefficient (Wildman–Crippen LogP) is 2.47. The first-order valence-corrected chi connectivity index (χ1v) is 11.9. The molecule has 0 aromatic heterocycles. The fourth-order valence-electron chi connectivity index (χ4n) is 1.97. The van der Waals surface area contributed by atoms with Crippen molar-refractivity contribution in [3.8, 4) is 0 Å². The summed E-state index contributed by atoms with van der Waals surface area (Å²) in [5.41, 5.74) is -0.966. The van der Waals surface area contributed by atoms with E-state index in [-0.39, 0.29) is 29.8 Å². The van der Waals surface area contributed by atoms with Gasteiger partial charge in [-0.25, -0.2) is 4.79 Å². The van der Waals surface area contributed by atoms with Gasteiger partial charge in [0.05, 0.1) is 17.8 Å². The molecule has 31 heavy (non-hydrogen) atoms. The molecule has 0 rings (SSSR count). The van der Waals surface area contributed by atoms with Crippen LogP contribution in [0.1, 0.15) is 68.2 Å². The minimum Gasteiger partial charge on any atom is -0.460 e. The van der Waals surface area contributed by atoms with E-state index in [9.17, 15) is 22.8 Å². The molecule has 0 radical (unpaired) electrons. The Morgan fingerprint density at radius 3 is 2.03 bits per heavy atom. The molecule has 1 atom stereocenters. The number of hydrogen-bond acceptors (Lipinski definition) is 6. The Kier molecular flexibility index (Phi) is 13.6. The minimum absolute atomic E-state index is 0.0265. The maximum Gasteiger partial charge on any atom is 0.333 e. The standard InChI is InChI=1S/C12H21NO3.C9H19NO4S/c1-6-12(4,5)11(15)13-7-8-16-10(14)9(2)3;1-5-7(2)8(11)10-9(3,4)6-15(12,13)14/h2,6-8H2,1,3-5H3,(H,13,15);7H,5-6H2,1-4H3,(H,10,11)(H,12,13,14). The van der Waals surface area contributed by atoms with Crippen molar-refractivity contribution in [1.29, 1.82) is 0 Å². The molecule has 2 amide bonds. The van der Waals surface area contributed by atoms with E-state index in [1.807, 2.05) is 27.7 Å². The molecule has 0 aliphatic carbocycles. The molecule has 0 aliphatic heterocycles. The van der Waals surface area contributed by atoms with E-state index in [1.54, 1.807) is 27.7 Å². The van der Waals surface area contributed by atoms with E-state index in [0.717, 1.165) is 6.42 Å². The van der Waals surface area contributed by atoms with Crippen LogP contribution in [0.25, 0.3) is 0 Å². The lowest BCUT2D eigenvalue weighted by atomic mass is 9.89. The topological polar surface area (TPSA) is 139 Å². The normalized spacial score (nSPS) is 12.7. The van der Waals surface area contributed by atoms with E-state index in [4.69, 9.17) is 9.29 Å².